The normalized spacial score (nSPS) is 10.8. The third kappa shape index (κ3) is 7.47. The summed E-state index contributed by atoms with van der Waals surface area (Å²) in [4.78, 5) is 46.4. The number of anilines is 3. The number of nitrogens with zero attached hydrogens (tertiary/aromatic N) is 3. The average Bonchev–Trinajstić information content (AvgIpc) is 2.89. The molecule has 0 unspecified atom stereocenters. The molecule has 0 bridgehead atoms. The summed E-state index contributed by atoms with van der Waals surface area (Å²) >= 11 is 0. The molecule has 1 heterocycles. The average molecular weight is 502 g/mol. The van der Waals surface area contributed by atoms with E-state index in [0.717, 1.165) is 30.5 Å². The minimum absolute atomic E-state index is 0.0257. The molecule has 8 heteroatoms. The molecule has 0 atom stereocenters. The fourth-order valence-electron chi connectivity index (χ4n) is 3.82. The van der Waals surface area contributed by atoms with Crippen molar-refractivity contribution in [2.75, 3.05) is 42.7 Å². The first-order valence-corrected chi connectivity index (χ1v) is 12.4. The second kappa shape index (κ2) is 12.8. The lowest BCUT2D eigenvalue weighted by Crippen LogP contribution is -2.36. The molecular formula is C29H35N5O3. The Labute approximate surface area is 218 Å². The van der Waals surface area contributed by atoms with E-state index in [2.05, 4.69) is 22.5 Å². The summed E-state index contributed by atoms with van der Waals surface area (Å²) in [6.07, 6.45) is 3.57. The molecule has 0 radical (unpaired) electrons. The zero-order valence-corrected chi connectivity index (χ0v) is 22.2. The van der Waals surface area contributed by atoms with E-state index in [1.165, 1.54) is 0 Å². The summed E-state index contributed by atoms with van der Waals surface area (Å²) in [6, 6.07) is 15.8. The quantitative estimate of drug-likeness (QED) is 0.418. The van der Waals surface area contributed by atoms with Crippen molar-refractivity contribution in [2.24, 2.45) is 0 Å². The van der Waals surface area contributed by atoms with Gasteiger partial charge in [0.2, 0.25) is 5.91 Å². The topological polar surface area (TPSA) is 94.6 Å². The van der Waals surface area contributed by atoms with Gasteiger partial charge in [0.1, 0.15) is 5.82 Å². The number of pyridine rings is 1. The number of carbonyl (C=O) groups is 3. The Balaban J connectivity index is 1.71. The SMILES string of the molecule is CCCN(C)CC(=O)N(C)c1ccc(C(=O)Nc2ccc(C)cc2C(=O)Nc2ccc(CC)cn2)cc1. The fraction of sp³-hybridized carbons (Fsp3) is 0.310. The smallest absolute Gasteiger partial charge is 0.258 e. The monoisotopic (exact) mass is 501 g/mol. The molecule has 194 valence electrons. The van der Waals surface area contributed by atoms with E-state index in [0.29, 0.717) is 34.9 Å². The third-order valence-electron chi connectivity index (χ3n) is 6.04. The summed E-state index contributed by atoms with van der Waals surface area (Å²) in [6.45, 7) is 7.16. The van der Waals surface area contributed by atoms with E-state index in [1.54, 1.807) is 60.6 Å². The number of hydrogen-bond donors (Lipinski definition) is 2. The lowest BCUT2D eigenvalue weighted by Gasteiger charge is -2.21. The van der Waals surface area contributed by atoms with Gasteiger partial charge in [-0.1, -0.05) is 31.5 Å². The standard InChI is InChI=1S/C29H35N5O3/c1-6-16-33(4)19-27(35)34(5)23-12-10-22(11-13-23)28(36)31-25-14-8-20(3)17-24(25)29(37)32-26-15-9-21(7-2)18-30-26/h8-15,17-18H,6-7,16,19H2,1-5H3,(H,31,36)(H,30,32,37). The number of benzene rings is 2. The van der Waals surface area contributed by atoms with Crippen molar-refractivity contribution in [1.29, 1.82) is 0 Å². The Morgan fingerprint density at radius 3 is 2.24 bits per heavy atom. The molecule has 0 aliphatic rings. The summed E-state index contributed by atoms with van der Waals surface area (Å²) in [5, 5.41) is 5.64. The van der Waals surface area contributed by atoms with Gasteiger partial charge in [-0.3, -0.25) is 19.3 Å². The van der Waals surface area contributed by atoms with Crippen LogP contribution in [-0.4, -0.2) is 54.8 Å². The maximum Gasteiger partial charge on any atom is 0.258 e. The number of carbonyl (C=O) groups excluding carboxylic acids is 3. The van der Waals surface area contributed by atoms with Crippen molar-refractivity contribution >= 4 is 34.9 Å². The number of aryl methyl sites for hydroxylation is 2. The van der Waals surface area contributed by atoms with Gasteiger partial charge in [-0.15, -0.1) is 0 Å². The van der Waals surface area contributed by atoms with E-state index < -0.39 is 0 Å². The molecule has 3 aromatic rings. The van der Waals surface area contributed by atoms with Gasteiger partial charge in [0.25, 0.3) is 11.8 Å². The highest BCUT2D eigenvalue weighted by atomic mass is 16.2. The van der Waals surface area contributed by atoms with Gasteiger partial charge in [-0.2, -0.15) is 0 Å². The highest BCUT2D eigenvalue weighted by molar-refractivity contribution is 6.12. The predicted octanol–water partition coefficient (Wildman–Crippen LogP) is 4.76. The third-order valence-corrected chi connectivity index (χ3v) is 6.04. The largest absolute Gasteiger partial charge is 0.321 e. The first-order valence-electron chi connectivity index (χ1n) is 12.4. The summed E-state index contributed by atoms with van der Waals surface area (Å²) in [5.74, 6) is -0.302. The number of hydrogen-bond acceptors (Lipinski definition) is 5. The maximum absolute atomic E-state index is 13.0. The van der Waals surface area contributed by atoms with Crippen LogP contribution in [0.25, 0.3) is 0 Å². The molecule has 0 spiro atoms. The molecule has 3 rings (SSSR count). The van der Waals surface area contributed by atoms with Crippen LogP contribution in [0.1, 0.15) is 52.1 Å². The van der Waals surface area contributed by atoms with Crippen LogP contribution in [0.15, 0.2) is 60.8 Å². The fourth-order valence-corrected chi connectivity index (χ4v) is 3.82. The van der Waals surface area contributed by atoms with Crippen molar-refractivity contribution in [2.45, 2.75) is 33.6 Å². The Kier molecular flexibility index (Phi) is 9.51. The first-order chi connectivity index (χ1) is 17.7. The molecule has 2 aromatic carbocycles. The summed E-state index contributed by atoms with van der Waals surface area (Å²) in [7, 11) is 3.64. The van der Waals surface area contributed by atoms with Gasteiger partial charge in [0.15, 0.2) is 0 Å². The molecule has 0 aliphatic heterocycles. The second-order valence-corrected chi connectivity index (χ2v) is 9.10. The van der Waals surface area contributed by atoms with Gasteiger partial charge in [-0.25, -0.2) is 4.98 Å². The molecule has 0 saturated carbocycles. The predicted molar refractivity (Wildman–Crippen MR) is 148 cm³/mol. The molecule has 3 amide bonds. The van der Waals surface area contributed by atoms with Crippen molar-refractivity contribution in [1.82, 2.24) is 9.88 Å². The highest BCUT2D eigenvalue weighted by Crippen LogP contribution is 2.21. The van der Waals surface area contributed by atoms with Crippen LogP contribution in [-0.2, 0) is 11.2 Å². The van der Waals surface area contributed by atoms with E-state index in [4.69, 9.17) is 0 Å². The Hall–Kier alpha value is -4.04. The van der Waals surface area contributed by atoms with Gasteiger partial charge in [-0.05, 0) is 81.4 Å². The van der Waals surface area contributed by atoms with E-state index in [1.807, 2.05) is 37.9 Å². The molecule has 1 aromatic heterocycles. The minimum atomic E-state index is -0.362. The van der Waals surface area contributed by atoms with Gasteiger partial charge < -0.3 is 15.5 Å². The number of rotatable bonds is 10. The van der Waals surface area contributed by atoms with Crippen LogP contribution in [0.5, 0.6) is 0 Å². The molecule has 0 aliphatic carbocycles. The highest BCUT2D eigenvalue weighted by Gasteiger charge is 2.17. The van der Waals surface area contributed by atoms with Crippen LogP contribution >= 0.6 is 0 Å². The van der Waals surface area contributed by atoms with Crippen molar-refractivity contribution < 1.29 is 14.4 Å². The molecule has 0 saturated heterocycles. The number of aromatic nitrogens is 1. The van der Waals surface area contributed by atoms with Crippen LogP contribution < -0.4 is 15.5 Å². The van der Waals surface area contributed by atoms with Crippen LogP contribution in [0.3, 0.4) is 0 Å². The van der Waals surface area contributed by atoms with E-state index >= 15 is 0 Å². The Morgan fingerprint density at radius 2 is 1.62 bits per heavy atom. The van der Waals surface area contributed by atoms with Crippen LogP contribution in [0.2, 0.25) is 0 Å². The zero-order valence-electron chi connectivity index (χ0n) is 22.2. The zero-order chi connectivity index (χ0) is 26.9. The summed E-state index contributed by atoms with van der Waals surface area (Å²) < 4.78 is 0. The van der Waals surface area contributed by atoms with E-state index in [9.17, 15) is 14.4 Å². The van der Waals surface area contributed by atoms with E-state index in [-0.39, 0.29) is 17.7 Å². The van der Waals surface area contributed by atoms with Gasteiger partial charge in [0, 0.05) is 24.5 Å². The molecule has 0 fully saturated rings. The summed E-state index contributed by atoms with van der Waals surface area (Å²) in [5.41, 5.74) is 3.81. The van der Waals surface area contributed by atoms with Crippen molar-refractivity contribution in [3.05, 3.63) is 83.0 Å². The lowest BCUT2D eigenvalue weighted by atomic mass is 10.1. The second-order valence-electron chi connectivity index (χ2n) is 9.10. The lowest BCUT2D eigenvalue weighted by molar-refractivity contribution is -0.119. The first kappa shape index (κ1) is 27.5. The van der Waals surface area contributed by atoms with Crippen LogP contribution in [0.4, 0.5) is 17.2 Å². The number of likely N-dealkylation sites (N-methyl/N-ethyl adjacent to an activating group) is 2. The van der Waals surface area contributed by atoms with Crippen molar-refractivity contribution in [3.63, 3.8) is 0 Å². The van der Waals surface area contributed by atoms with Gasteiger partial charge >= 0.3 is 0 Å². The molecule has 2 N–H and O–H groups in total. The number of nitrogens with one attached hydrogen (secondary N) is 2. The minimum Gasteiger partial charge on any atom is -0.321 e. The molecular weight excluding hydrogens is 466 g/mol. The molecule has 37 heavy (non-hydrogen) atoms. The maximum atomic E-state index is 13.0. The van der Waals surface area contributed by atoms with Crippen molar-refractivity contribution in [3.8, 4) is 0 Å². The number of amides is 3. The van der Waals surface area contributed by atoms with Crippen LogP contribution in [0, 0.1) is 6.92 Å². The Morgan fingerprint density at radius 1 is 0.892 bits per heavy atom. The van der Waals surface area contributed by atoms with Gasteiger partial charge in [0.05, 0.1) is 17.8 Å². The molecule has 8 nitrogen and oxygen atoms in total. The Bertz CT molecular complexity index is 1240.